The van der Waals surface area contributed by atoms with Crippen molar-refractivity contribution < 1.29 is 19.4 Å². The van der Waals surface area contributed by atoms with Gasteiger partial charge in [0.05, 0.1) is 5.69 Å². The molecule has 0 radical (unpaired) electrons. The van der Waals surface area contributed by atoms with E-state index in [4.69, 9.17) is 4.74 Å². The van der Waals surface area contributed by atoms with E-state index in [0.29, 0.717) is 5.69 Å². The lowest BCUT2D eigenvalue weighted by Gasteiger charge is -2.14. The number of nitrogens with one attached hydrogen (secondary N) is 2. The van der Waals surface area contributed by atoms with Gasteiger partial charge in [0.2, 0.25) is 5.91 Å². The van der Waals surface area contributed by atoms with Gasteiger partial charge in [0.1, 0.15) is 12.4 Å². The molecule has 0 fully saturated rings. The van der Waals surface area contributed by atoms with Gasteiger partial charge in [0, 0.05) is 18.9 Å². The molecule has 0 aliphatic heterocycles. The number of rotatable bonds is 6. The zero-order chi connectivity index (χ0) is 20.9. The van der Waals surface area contributed by atoms with Crippen molar-refractivity contribution in [2.45, 2.75) is 12.3 Å². The average Bonchev–Trinajstić information content (AvgIpc) is 3.08. The lowest BCUT2D eigenvalue weighted by molar-refractivity contribution is -0.116. The number of alkyl carbamates (subject to hydrolysis) is 1. The second-order valence-electron chi connectivity index (χ2n) is 7.07. The number of hydrogen-bond acceptors (Lipinski definition) is 4. The van der Waals surface area contributed by atoms with E-state index >= 15 is 0 Å². The molecule has 3 aromatic carbocycles. The van der Waals surface area contributed by atoms with Crippen LogP contribution in [0.25, 0.3) is 11.1 Å². The molecular weight excluding hydrogens is 380 g/mol. The summed E-state index contributed by atoms with van der Waals surface area (Å²) in [4.78, 5) is 24.1. The van der Waals surface area contributed by atoms with E-state index in [2.05, 4.69) is 34.9 Å². The highest BCUT2D eigenvalue weighted by Crippen LogP contribution is 2.44. The monoisotopic (exact) mass is 402 g/mol. The van der Waals surface area contributed by atoms with Crippen LogP contribution in [0.15, 0.2) is 72.8 Å². The Labute approximate surface area is 174 Å². The molecule has 0 unspecified atom stereocenters. The van der Waals surface area contributed by atoms with E-state index in [-0.39, 0.29) is 37.1 Å². The minimum absolute atomic E-state index is 0.00431. The first-order chi connectivity index (χ1) is 14.6. The van der Waals surface area contributed by atoms with Gasteiger partial charge in [0.15, 0.2) is 0 Å². The predicted octanol–water partition coefficient (Wildman–Crippen LogP) is 4.26. The zero-order valence-corrected chi connectivity index (χ0v) is 16.3. The summed E-state index contributed by atoms with van der Waals surface area (Å²) in [6.45, 7) is 0.361. The largest absolute Gasteiger partial charge is 0.506 e. The molecule has 0 spiro atoms. The molecule has 0 aromatic heterocycles. The second kappa shape index (κ2) is 8.69. The number of aromatic hydroxyl groups is 1. The molecule has 2 amide bonds. The Balaban J connectivity index is 1.27. The maximum absolute atomic E-state index is 12.1. The number of carbonyl (C=O) groups excluding carboxylic acids is 2. The summed E-state index contributed by atoms with van der Waals surface area (Å²) in [6.07, 6.45) is -0.495. The van der Waals surface area contributed by atoms with E-state index in [1.54, 1.807) is 18.2 Å². The first kappa shape index (κ1) is 19.5. The van der Waals surface area contributed by atoms with Gasteiger partial charge in [-0.25, -0.2) is 4.79 Å². The van der Waals surface area contributed by atoms with Gasteiger partial charge in [-0.1, -0.05) is 60.7 Å². The van der Waals surface area contributed by atoms with Crippen LogP contribution < -0.4 is 10.6 Å². The van der Waals surface area contributed by atoms with Crippen LogP contribution in [0.3, 0.4) is 0 Å². The van der Waals surface area contributed by atoms with Crippen molar-refractivity contribution in [3.05, 3.63) is 83.9 Å². The van der Waals surface area contributed by atoms with Crippen LogP contribution >= 0.6 is 0 Å². The van der Waals surface area contributed by atoms with E-state index in [1.165, 1.54) is 17.2 Å². The summed E-state index contributed by atoms with van der Waals surface area (Å²) in [7, 11) is 0. The van der Waals surface area contributed by atoms with E-state index in [0.717, 1.165) is 11.1 Å². The molecule has 0 atom stereocenters. The predicted molar refractivity (Wildman–Crippen MR) is 114 cm³/mol. The van der Waals surface area contributed by atoms with Crippen molar-refractivity contribution in [2.24, 2.45) is 0 Å². The van der Waals surface area contributed by atoms with Gasteiger partial charge in [-0.2, -0.15) is 0 Å². The molecule has 3 aromatic rings. The molecule has 152 valence electrons. The van der Waals surface area contributed by atoms with E-state index in [9.17, 15) is 14.7 Å². The highest BCUT2D eigenvalue weighted by atomic mass is 16.5. The van der Waals surface area contributed by atoms with Crippen molar-refractivity contribution >= 4 is 17.7 Å². The molecule has 0 bridgehead atoms. The fourth-order valence-corrected chi connectivity index (χ4v) is 3.72. The summed E-state index contributed by atoms with van der Waals surface area (Å²) >= 11 is 0. The molecule has 6 nitrogen and oxygen atoms in total. The number of hydrogen-bond donors (Lipinski definition) is 3. The molecule has 1 aliphatic rings. The van der Waals surface area contributed by atoms with Crippen molar-refractivity contribution in [3.63, 3.8) is 0 Å². The van der Waals surface area contributed by atoms with Crippen LogP contribution in [0, 0.1) is 0 Å². The molecule has 3 N–H and O–H groups in total. The normalized spacial score (nSPS) is 12.0. The maximum atomic E-state index is 12.1. The highest BCUT2D eigenvalue weighted by molar-refractivity contribution is 5.92. The number of phenols is 1. The summed E-state index contributed by atoms with van der Waals surface area (Å²) in [5, 5.41) is 14.9. The Kier molecular flexibility index (Phi) is 5.66. The number of anilines is 1. The number of amides is 2. The first-order valence-electron chi connectivity index (χ1n) is 9.80. The minimum Gasteiger partial charge on any atom is -0.506 e. The SMILES string of the molecule is O=C(CCNC(=O)OCC1c2ccccc2-c2ccccc21)Nc1ccccc1O. The zero-order valence-electron chi connectivity index (χ0n) is 16.3. The molecule has 0 heterocycles. The summed E-state index contributed by atoms with van der Waals surface area (Å²) < 4.78 is 5.44. The third kappa shape index (κ3) is 4.12. The van der Waals surface area contributed by atoms with Gasteiger partial charge in [-0.15, -0.1) is 0 Å². The number of fused-ring (bicyclic) bond motifs is 3. The highest BCUT2D eigenvalue weighted by Gasteiger charge is 2.28. The standard InChI is InChI=1S/C24H22N2O4/c27-22-12-6-5-11-21(22)26-23(28)13-14-25-24(29)30-15-20-18-9-3-1-7-16(18)17-8-2-4-10-19(17)20/h1-12,20,27H,13-15H2,(H,25,29)(H,26,28). The van der Waals surface area contributed by atoms with Gasteiger partial charge in [0.25, 0.3) is 0 Å². The second-order valence-corrected chi connectivity index (χ2v) is 7.07. The van der Waals surface area contributed by atoms with Crippen LogP contribution in [0.5, 0.6) is 5.75 Å². The summed E-state index contributed by atoms with van der Waals surface area (Å²) in [6, 6.07) is 22.7. The fraction of sp³-hybridized carbons (Fsp3) is 0.167. The van der Waals surface area contributed by atoms with Gasteiger partial charge in [-0.3, -0.25) is 4.79 Å². The molecule has 4 rings (SSSR count). The van der Waals surface area contributed by atoms with Crippen molar-refractivity contribution in [1.29, 1.82) is 0 Å². The van der Waals surface area contributed by atoms with Crippen LogP contribution in [-0.4, -0.2) is 30.3 Å². The Bertz CT molecular complexity index is 1030. The number of phenolic OH excluding ortho intramolecular Hbond substituents is 1. The molecule has 0 saturated carbocycles. The van der Waals surface area contributed by atoms with Gasteiger partial charge in [-0.05, 0) is 34.4 Å². The molecule has 30 heavy (non-hydrogen) atoms. The van der Waals surface area contributed by atoms with Gasteiger partial charge >= 0.3 is 6.09 Å². The van der Waals surface area contributed by atoms with Crippen molar-refractivity contribution in [3.8, 4) is 16.9 Å². The Morgan fingerprint density at radius 1 is 0.867 bits per heavy atom. The Hall–Kier alpha value is -3.80. The first-order valence-corrected chi connectivity index (χ1v) is 9.80. The molecule has 6 heteroatoms. The molecular formula is C24H22N2O4. The van der Waals surface area contributed by atoms with Crippen molar-refractivity contribution in [2.75, 3.05) is 18.5 Å². The quantitative estimate of drug-likeness (QED) is 0.538. The van der Waals surface area contributed by atoms with Gasteiger partial charge < -0.3 is 20.5 Å². The number of benzene rings is 3. The van der Waals surface area contributed by atoms with Crippen LogP contribution in [0.1, 0.15) is 23.5 Å². The number of para-hydroxylation sites is 2. The maximum Gasteiger partial charge on any atom is 0.407 e. The minimum atomic E-state index is -0.563. The lowest BCUT2D eigenvalue weighted by atomic mass is 9.98. The summed E-state index contributed by atoms with van der Waals surface area (Å²) in [5.41, 5.74) is 4.97. The Morgan fingerprint density at radius 2 is 1.47 bits per heavy atom. The fourth-order valence-electron chi connectivity index (χ4n) is 3.72. The molecule has 1 aliphatic carbocycles. The number of ether oxygens (including phenoxy) is 1. The Morgan fingerprint density at radius 3 is 2.13 bits per heavy atom. The lowest BCUT2D eigenvalue weighted by Crippen LogP contribution is -2.29. The third-order valence-electron chi connectivity index (χ3n) is 5.14. The average molecular weight is 402 g/mol. The van der Waals surface area contributed by atoms with E-state index < -0.39 is 6.09 Å². The van der Waals surface area contributed by atoms with Crippen molar-refractivity contribution in [1.82, 2.24) is 5.32 Å². The van der Waals surface area contributed by atoms with Crippen LogP contribution in [0.4, 0.5) is 10.5 Å². The third-order valence-corrected chi connectivity index (χ3v) is 5.14. The molecule has 0 saturated heterocycles. The topological polar surface area (TPSA) is 87.7 Å². The van der Waals surface area contributed by atoms with Crippen LogP contribution in [-0.2, 0) is 9.53 Å². The van der Waals surface area contributed by atoms with E-state index in [1.807, 2.05) is 24.3 Å². The summed E-state index contributed by atoms with van der Waals surface area (Å²) in [5.74, 6) is -0.321. The number of carbonyl (C=O) groups is 2. The smallest absolute Gasteiger partial charge is 0.407 e. The van der Waals surface area contributed by atoms with Crippen LogP contribution in [0.2, 0.25) is 0 Å².